The molecular weight excluding hydrogens is 302 g/mol. The van der Waals surface area contributed by atoms with Crippen molar-refractivity contribution in [2.24, 2.45) is 0 Å². The molecule has 0 saturated heterocycles. The topological polar surface area (TPSA) is 66.6 Å². The summed E-state index contributed by atoms with van der Waals surface area (Å²) in [4.78, 5) is 27.8. The predicted octanol–water partition coefficient (Wildman–Crippen LogP) is 2.63. The highest BCUT2D eigenvalue weighted by Gasteiger charge is 2.17. The van der Waals surface area contributed by atoms with Crippen LogP contribution in [0.25, 0.3) is 0 Å². The summed E-state index contributed by atoms with van der Waals surface area (Å²) in [6, 6.07) is 14.4. The summed E-state index contributed by atoms with van der Waals surface area (Å²) in [5.74, 6) is -0.133. The van der Waals surface area contributed by atoms with Gasteiger partial charge in [0.2, 0.25) is 0 Å². The molecule has 0 aromatic heterocycles. The van der Waals surface area contributed by atoms with E-state index in [1.807, 2.05) is 25.1 Å². The summed E-state index contributed by atoms with van der Waals surface area (Å²) >= 11 is 0. The van der Waals surface area contributed by atoms with Gasteiger partial charge in [-0.1, -0.05) is 24.3 Å². The van der Waals surface area contributed by atoms with Crippen molar-refractivity contribution in [2.75, 3.05) is 26.4 Å². The average Bonchev–Trinajstić information content (AvgIpc) is 2.59. The average molecular weight is 325 g/mol. The molecule has 0 spiro atoms. The number of anilines is 1. The highest BCUT2D eigenvalue weighted by molar-refractivity contribution is 5.99. The van der Waals surface area contributed by atoms with Crippen LogP contribution in [0, 0.1) is 0 Å². The van der Waals surface area contributed by atoms with Gasteiger partial charge in [-0.3, -0.25) is 9.59 Å². The third kappa shape index (κ3) is 3.93. The molecule has 126 valence electrons. The third-order valence-electron chi connectivity index (χ3n) is 3.84. The van der Waals surface area contributed by atoms with Gasteiger partial charge in [0.15, 0.2) is 0 Å². The maximum absolute atomic E-state index is 12.7. The minimum atomic E-state index is -0.0935. The van der Waals surface area contributed by atoms with Crippen LogP contribution in [0.4, 0.5) is 5.69 Å². The number of nitrogens with two attached hydrogens (primary N) is 1. The first kappa shape index (κ1) is 17.5. The van der Waals surface area contributed by atoms with Crippen LogP contribution >= 0.6 is 0 Å². The van der Waals surface area contributed by atoms with Crippen molar-refractivity contribution in [3.8, 4) is 0 Å². The van der Waals surface area contributed by atoms with Crippen LogP contribution in [0.5, 0.6) is 0 Å². The second-order valence-corrected chi connectivity index (χ2v) is 5.80. The molecule has 0 aliphatic heterocycles. The van der Waals surface area contributed by atoms with Gasteiger partial charge in [0, 0.05) is 38.4 Å². The summed E-state index contributed by atoms with van der Waals surface area (Å²) in [5.41, 5.74) is 8.49. The zero-order valence-electron chi connectivity index (χ0n) is 14.3. The summed E-state index contributed by atoms with van der Waals surface area (Å²) in [6.45, 7) is 2.98. The largest absolute Gasteiger partial charge is 0.398 e. The maximum Gasteiger partial charge on any atom is 0.256 e. The fourth-order valence-electron chi connectivity index (χ4n) is 2.42. The standard InChI is InChI=1S/C19H23N3O2/c1-4-22(19(24)16-7-5-6-8-17(16)20)13-14-9-11-15(12-10-14)18(23)21(2)3/h5-12H,4,13,20H2,1-3H3. The number of nitrogens with zero attached hydrogens (tertiary/aromatic N) is 2. The second kappa shape index (κ2) is 7.64. The number of hydrogen-bond donors (Lipinski definition) is 1. The van der Waals surface area contributed by atoms with E-state index in [0.29, 0.717) is 29.9 Å². The van der Waals surface area contributed by atoms with Gasteiger partial charge in [-0.2, -0.15) is 0 Å². The molecule has 0 saturated carbocycles. The first-order valence-corrected chi connectivity index (χ1v) is 7.88. The zero-order valence-corrected chi connectivity index (χ0v) is 14.3. The number of amides is 2. The van der Waals surface area contributed by atoms with Crippen molar-refractivity contribution in [1.29, 1.82) is 0 Å². The van der Waals surface area contributed by atoms with Gasteiger partial charge in [-0.05, 0) is 36.8 Å². The molecule has 0 atom stereocenters. The number of nitrogen functional groups attached to an aromatic ring is 1. The molecule has 0 bridgehead atoms. The van der Waals surface area contributed by atoms with Crippen LogP contribution in [-0.4, -0.2) is 42.3 Å². The van der Waals surface area contributed by atoms with Crippen molar-refractivity contribution in [1.82, 2.24) is 9.80 Å². The van der Waals surface area contributed by atoms with Gasteiger partial charge in [-0.15, -0.1) is 0 Å². The number of hydrogen-bond acceptors (Lipinski definition) is 3. The van der Waals surface area contributed by atoms with Crippen molar-refractivity contribution in [3.63, 3.8) is 0 Å². The predicted molar refractivity (Wildman–Crippen MR) is 95.7 cm³/mol. The van der Waals surface area contributed by atoms with E-state index in [-0.39, 0.29) is 11.8 Å². The minimum Gasteiger partial charge on any atom is -0.398 e. The van der Waals surface area contributed by atoms with Crippen molar-refractivity contribution in [2.45, 2.75) is 13.5 Å². The smallest absolute Gasteiger partial charge is 0.256 e. The van der Waals surface area contributed by atoms with Crippen LogP contribution in [0.1, 0.15) is 33.2 Å². The number of carbonyl (C=O) groups is 2. The van der Waals surface area contributed by atoms with E-state index < -0.39 is 0 Å². The lowest BCUT2D eigenvalue weighted by Gasteiger charge is -2.22. The zero-order chi connectivity index (χ0) is 17.7. The van der Waals surface area contributed by atoms with Gasteiger partial charge in [0.05, 0.1) is 5.56 Å². The molecule has 0 aliphatic rings. The molecule has 0 fully saturated rings. The molecule has 2 aromatic rings. The Bertz CT molecular complexity index is 724. The first-order valence-electron chi connectivity index (χ1n) is 7.88. The van der Waals surface area contributed by atoms with E-state index in [9.17, 15) is 9.59 Å². The summed E-state index contributed by atoms with van der Waals surface area (Å²) < 4.78 is 0. The normalized spacial score (nSPS) is 10.3. The molecule has 0 heterocycles. The van der Waals surface area contributed by atoms with Crippen molar-refractivity contribution in [3.05, 3.63) is 65.2 Å². The number of benzene rings is 2. The maximum atomic E-state index is 12.7. The molecule has 5 nitrogen and oxygen atoms in total. The van der Waals surface area contributed by atoms with Crippen LogP contribution in [-0.2, 0) is 6.54 Å². The van der Waals surface area contributed by atoms with E-state index in [1.165, 1.54) is 4.90 Å². The lowest BCUT2D eigenvalue weighted by atomic mass is 10.1. The van der Waals surface area contributed by atoms with Crippen molar-refractivity contribution >= 4 is 17.5 Å². The fraction of sp³-hybridized carbons (Fsp3) is 0.263. The Kier molecular flexibility index (Phi) is 5.58. The quantitative estimate of drug-likeness (QED) is 0.859. The van der Waals surface area contributed by atoms with Crippen LogP contribution in [0.15, 0.2) is 48.5 Å². The van der Waals surface area contributed by atoms with Crippen molar-refractivity contribution < 1.29 is 9.59 Å². The lowest BCUT2D eigenvalue weighted by Crippen LogP contribution is -2.31. The monoisotopic (exact) mass is 325 g/mol. The van der Waals surface area contributed by atoms with Gasteiger partial charge in [0.1, 0.15) is 0 Å². The Hall–Kier alpha value is -2.82. The molecule has 24 heavy (non-hydrogen) atoms. The number of para-hydroxylation sites is 1. The molecule has 0 radical (unpaired) electrons. The SMILES string of the molecule is CCN(Cc1ccc(C(=O)N(C)C)cc1)C(=O)c1ccccc1N. The van der Waals surface area contributed by atoms with Gasteiger partial charge >= 0.3 is 0 Å². The molecule has 2 rings (SSSR count). The van der Waals surface area contributed by atoms with Gasteiger partial charge < -0.3 is 15.5 Å². The summed E-state index contributed by atoms with van der Waals surface area (Å²) in [5, 5.41) is 0. The highest BCUT2D eigenvalue weighted by Crippen LogP contribution is 2.16. The molecule has 0 unspecified atom stereocenters. The molecule has 2 aromatic carbocycles. The summed E-state index contributed by atoms with van der Waals surface area (Å²) in [6.07, 6.45) is 0. The Morgan fingerprint density at radius 2 is 1.58 bits per heavy atom. The molecule has 2 amide bonds. The van der Waals surface area contributed by atoms with E-state index >= 15 is 0 Å². The van der Waals surface area contributed by atoms with Gasteiger partial charge in [-0.25, -0.2) is 0 Å². The number of rotatable bonds is 5. The Labute approximate surface area is 142 Å². The number of carbonyl (C=O) groups excluding carboxylic acids is 2. The van der Waals surface area contributed by atoms with E-state index in [1.54, 1.807) is 49.3 Å². The van der Waals surface area contributed by atoms with Gasteiger partial charge in [0.25, 0.3) is 11.8 Å². The third-order valence-corrected chi connectivity index (χ3v) is 3.84. The molecule has 2 N–H and O–H groups in total. The lowest BCUT2D eigenvalue weighted by molar-refractivity contribution is 0.0752. The molecule has 0 aliphatic carbocycles. The molecule has 5 heteroatoms. The molecular formula is C19H23N3O2. The van der Waals surface area contributed by atoms with Crippen LogP contribution in [0.2, 0.25) is 0 Å². The van der Waals surface area contributed by atoms with Crippen LogP contribution < -0.4 is 5.73 Å². The Balaban J connectivity index is 2.14. The summed E-state index contributed by atoms with van der Waals surface area (Å²) in [7, 11) is 3.44. The Morgan fingerprint density at radius 1 is 0.958 bits per heavy atom. The van der Waals surface area contributed by atoms with E-state index in [0.717, 1.165) is 5.56 Å². The highest BCUT2D eigenvalue weighted by atomic mass is 16.2. The second-order valence-electron chi connectivity index (χ2n) is 5.80. The minimum absolute atomic E-state index is 0.0398. The van der Waals surface area contributed by atoms with E-state index in [2.05, 4.69) is 0 Å². The fourth-order valence-corrected chi connectivity index (χ4v) is 2.42. The van der Waals surface area contributed by atoms with Crippen LogP contribution in [0.3, 0.4) is 0 Å². The Morgan fingerprint density at radius 3 is 2.12 bits per heavy atom. The van der Waals surface area contributed by atoms with E-state index in [4.69, 9.17) is 5.73 Å². The first-order chi connectivity index (χ1) is 11.4.